The molecule has 3 rings (SSSR count). The third-order valence-electron chi connectivity index (χ3n) is 4.31. The predicted molar refractivity (Wildman–Crippen MR) is 94.3 cm³/mol. The lowest BCUT2D eigenvalue weighted by Crippen LogP contribution is -2.29. The van der Waals surface area contributed by atoms with E-state index in [1.165, 1.54) is 21.9 Å². The molecule has 0 unspecified atom stereocenters. The molecule has 1 aliphatic rings. The Balaban J connectivity index is 1.84. The summed E-state index contributed by atoms with van der Waals surface area (Å²) in [5, 5.41) is 8.63. The lowest BCUT2D eigenvalue weighted by Gasteiger charge is -2.15. The Morgan fingerprint density at radius 1 is 1.08 bits per heavy atom. The molecule has 6 nitrogen and oxygen atoms in total. The number of carbonyl (C=O) groups excluding carboxylic acids is 3. The Bertz CT molecular complexity index is 916. The summed E-state index contributed by atoms with van der Waals surface area (Å²) in [6.07, 6.45) is 0.232. The van der Waals surface area contributed by atoms with Crippen molar-refractivity contribution in [3.05, 3.63) is 70.8 Å². The molecule has 0 saturated carbocycles. The second-order valence-corrected chi connectivity index (χ2v) is 6.08. The van der Waals surface area contributed by atoms with Crippen LogP contribution in [-0.4, -0.2) is 41.1 Å². The first kappa shape index (κ1) is 17.4. The van der Waals surface area contributed by atoms with Gasteiger partial charge >= 0.3 is 0 Å². The third kappa shape index (κ3) is 3.20. The molecule has 1 heterocycles. The van der Waals surface area contributed by atoms with E-state index in [-0.39, 0.29) is 30.3 Å². The highest BCUT2D eigenvalue weighted by Gasteiger charge is 2.36. The summed E-state index contributed by atoms with van der Waals surface area (Å²) in [4.78, 5) is 40.2. The first-order valence-corrected chi connectivity index (χ1v) is 8.19. The summed E-state index contributed by atoms with van der Waals surface area (Å²) in [5.74, 6) is -1.04. The van der Waals surface area contributed by atoms with Gasteiger partial charge in [0.25, 0.3) is 17.7 Å². The van der Waals surface area contributed by atoms with Crippen molar-refractivity contribution in [3.63, 3.8) is 0 Å². The van der Waals surface area contributed by atoms with E-state index in [0.717, 1.165) is 5.56 Å². The Labute approximate surface area is 151 Å². The van der Waals surface area contributed by atoms with Gasteiger partial charge in [0.1, 0.15) is 0 Å². The van der Waals surface area contributed by atoms with E-state index in [1.807, 2.05) is 36.4 Å². The largest absolute Gasteiger partial charge is 0.341 e. The van der Waals surface area contributed by atoms with Gasteiger partial charge in [-0.15, -0.1) is 0 Å². The van der Waals surface area contributed by atoms with Gasteiger partial charge in [0.05, 0.1) is 30.2 Å². The van der Waals surface area contributed by atoms with Crippen LogP contribution < -0.4 is 0 Å². The first-order valence-electron chi connectivity index (χ1n) is 8.19. The van der Waals surface area contributed by atoms with E-state index in [9.17, 15) is 14.4 Å². The van der Waals surface area contributed by atoms with Crippen LogP contribution >= 0.6 is 0 Å². The van der Waals surface area contributed by atoms with Crippen LogP contribution in [0.1, 0.15) is 43.1 Å². The number of hydrogen-bond acceptors (Lipinski definition) is 4. The number of carbonyl (C=O) groups is 3. The van der Waals surface area contributed by atoms with Gasteiger partial charge in [-0.2, -0.15) is 5.26 Å². The maximum Gasteiger partial charge on any atom is 0.261 e. The smallest absolute Gasteiger partial charge is 0.261 e. The minimum atomic E-state index is -0.400. The highest BCUT2D eigenvalue weighted by Crippen LogP contribution is 2.26. The first-order chi connectivity index (χ1) is 12.5. The lowest BCUT2D eigenvalue weighted by molar-refractivity contribution is 0.0642. The quantitative estimate of drug-likeness (QED) is 0.778. The van der Waals surface area contributed by atoms with Crippen LogP contribution in [0.3, 0.4) is 0 Å². The van der Waals surface area contributed by atoms with Crippen LogP contribution in [0.4, 0.5) is 0 Å². The maximum atomic E-state index is 12.7. The van der Waals surface area contributed by atoms with Crippen LogP contribution in [0.25, 0.3) is 0 Å². The molecule has 0 radical (unpaired) electrons. The second-order valence-electron chi connectivity index (χ2n) is 6.08. The molecule has 3 amide bonds. The number of nitriles is 1. The molecule has 0 fully saturated rings. The molecule has 6 heteroatoms. The van der Waals surface area contributed by atoms with E-state index in [4.69, 9.17) is 5.26 Å². The molecule has 0 aliphatic carbocycles. The molecule has 0 bridgehead atoms. The van der Waals surface area contributed by atoms with Gasteiger partial charge in [0.15, 0.2) is 0 Å². The summed E-state index contributed by atoms with van der Waals surface area (Å²) in [7, 11) is 1.60. The molecule has 130 valence electrons. The van der Waals surface area contributed by atoms with Crippen molar-refractivity contribution in [2.75, 3.05) is 13.6 Å². The summed E-state index contributed by atoms with van der Waals surface area (Å²) < 4.78 is 0. The van der Waals surface area contributed by atoms with Crippen LogP contribution in [0.2, 0.25) is 0 Å². The van der Waals surface area contributed by atoms with E-state index < -0.39 is 5.91 Å². The van der Waals surface area contributed by atoms with Crippen LogP contribution in [0, 0.1) is 11.3 Å². The molecule has 0 atom stereocenters. The van der Waals surface area contributed by atoms with Gasteiger partial charge in [-0.3, -0.25) is 19.3 Å². The predicted octanol–water partition coefficient (Wildman–Crippen LogP) is 2.47. The molecule has 0 spiro atoms. The SMILES string of the molecule is CN(CCC#N)C(=O)c1ccc2c(c1)C(=O)N(Cc1ccccc1)C2=O. The Morgan fingerprint density at radius 2 is 1.77 bits per heavy atom. The topological polar surface area (TPSA) is 81.5 Å². The molecule has 0 aromatic heterocycles. The fourth-order valence-electron chi connectivity index (χ4n) is 2.87. The fraction of sp³-hybridized carbons (Fsp3) is 0.200. The Hall–Kier alpha value is -3.46. The van der Waals surface area contributed by atoms with Gasteiger partial charge in [0.2, 0.25) is 0 Å². The maximum absolute atomic E-state index is 12.7. The van der Waals surface area contributed by atoms with Crippen molar-refractivity contribution in [2.45, 2.75) is 13.0 Å². The van der Waals surface area contributed by atoms with Gasteiger partial charge in [-0.05, 0) is 23.8 Å². The van der Waals surface area contributed by atoms with Gasteiger partial charge in [-0.25, -0.2) is 0 Å². The molecular formula is C20H17N3O3. The molecule has 0 saturated heterocycles. The average Bonchev–Trinajstić information content (AvgIpc) is 2.90. The molecule has 1 aliphatic heterocycles. The number of amides is 3. The van der Waals surface area contributed by atoms with E-state index in [1.54, 1.807) is 13.1 Å². The molecule has 2 aromatic rings. The van der Waals surface area contributed by atoms with E-state index >= 15 is 0 Å². The summed E-state index contributed by atoms with van der Waals surface area (Å²) >= 11 is 0. The van der Waals surface area contributed by atoms with Crippen molar-refractivity contribution in [2.24, 2.45) is 0 Å². The molecule has 2 aromatic carbocycles. The summed E-state index contributed by atoms with van der Waals surface area (Å²) in [6, 6.07) is 15.8. The number of hydrogen-bond donors (Lipinski definition) is 0. The highest BCUT2D eigenvalue weighted by molar-refractivity contribution is 6.22. The van der Waals surface area contributed by atoms with Gasteiger partial charge in [0, 0.05) is 19.2 Å². The van der Waals surface area contributed by atoms with Crippen LogP contribution in [0.15, 0.2) is 48.5 Å². The third-order valence-corrected chi connectivity index (χ3v) is 4.31. The second kappa shape index (κ2) is 7.19. The normalized spacial score (nSPS) is 12.7. The number of benzene rings is 2. The zero-order valence-corrected chi connectivity index (χ0v) is 14.3. The summed E-state index contributed by atoms with van der Waals surface area (Å²) in [5.41, 5.74) is 1.73. The van der Waals surface area contributed by atoms with E-state index in [2.05, 4.69) is 0 Å². The highest BCUT2D eigenvalue weighted by atomic mass is 16.2. The Morgan fingerprint density at radius 3 is 2.46 bits per heavy atom. The molecule has 26 heavy (non-hydrogen) atoms. The van der Waals surface area contributed by atoms with Crippen molar-refractivity contribution in [1.82, 2.24) is 9.80 Å². The number of fused-ring (bicyclic) bond motifs is 1. The van der Waals surface area contributed by atoms with E-state index in [0.29, 0.717) is 17.7 Å². The zero-order chi connectivity index (χ0) is 18.7. The number of rotatable bonds is 5. The van der Waals surface area contributed by atoms with Crippen molar-refractivity contribution < 1.29 is 14.4 Å². The lowest BCUT2D eigenvalue weighted by atomic mass is 10.0. The van der Waals surface area contributed by atoms with Crippen LogP contribution in [0.5, 0.6) is 0 Å². The molecular weight excluding hydrogens is 330 g/mol. The number of nitrogens with zero attached hydrogens (tertiary/aromatic N) is 3. The van der Waals surface area contributed by atoms with Crippen molar-refractivity contribution in [1.29, 1.82) is 5.26 Å². The number of imide groups is 1. The zero-order valence-electron chi connectivity index (χ0n) is 14.3. The van der Waals surface area contributed by atoms with Crippen molar-refractivity contribution >= 4 is 17.7 Å². The van der Waals surface area contributed by atoms with Crippen LogP contribution in [-0.2, 0) is 6.54 Å². The minimum absolute atomic E-state index is 0.193. The summed E-state index contributed by atoms with van der Waals surface area (Å²) in [6.45, 7) is 0.498. The average molecular weight is 347 g/mol. The standard InChI is InChI=1S/C20H17N3O3/c1-22(11-5-10-21)18(24)15-8-9-16-17(12-15)20(26)23(19(16)25)13-14-6-3-2-4-7-14/h2-4,6-9,12H,5,11,13H2,1H3. The molecule has 0 N–H and O–H groups in total. The van der Waals surface area contributed by atoms with Gasteiger partial charge in [-0.1, -0.05) is 30.3 Å². The fourth-order valence-corrected chi connectivity index (χ4v) is 2.87. The monoisotopic (exact) mass is 347 g/mol. The van der Waals surface area contributed by atoms with Crippen molar-refractivity contribution in [3.8, 4) is 6.07 Å². The van der Waals surface area contributed by atoms with Gasteiger partial charge < -0.3 is 4.90 Å². The Kier molecular flexibility index (Phi) is 4.81. The minimum Gasteiger partial charge on any atom is -0.341 e.